The second-order valence-corrected chi connectivity index (χ2v) is 14.4. The van der Waals surface area contributed by atoms with Crippen molar-refractivity contribution in [3.8, 4) is 34.1 Å². The number of carbonyl (C=O) groups excluding carboxylic acids is 1. The van der Waals surface area contributed by atoms with Crippen molar-refractivity contribution in [2.24, 2.45) is 0 Å². The fraction of sp³-hybridized carbons (Fsp3) is 0.233. The molecule has 0 saturated carbocycles. The standard InChI is InChI=1S/C43H41Cl2N7O5/c44-37-10-8-30(29-6-4-26(5-7-29)18-49-23-33-9-11-42(54)52-33)13-35(37)34-2-1-3-39(36(34)17-47)50-21-31-15-41(57-25-28-12-27(16-46)19-48-20-28)32(14-38(31)45)22-51-40(24-53)43(55)56/h1-8,10,12-15,17,19-20,33,40,47,49-51,53H,9,11,18,21-25H2,(H,52,54)(H,55,56)/t33-,40-/m0/s1. The zero-order valence-corrected chi connectivity index (χ0v) is 32.3. The molecule has 6 rings (SSSR count). The van der Waals surface area contributed by atoms with Gasteiger partial charge >= 0.3 is 5.97 Å². The Kier molecular flexibility index (Phi) is 13.9. The monoisotopic (exact) mass is 805 g/mol. The van der Waals surface area contributed by atoms with Crippen molar-refractivity contribution >= 4 is 47.0 Å². The third-order valence-corrected chi connectivity index (χ3v) is 10.3. The number of nitrogens with zero attached hydrogens (tertiary/aromatic N) is 2. The summed E-state index contributed by atoms with van der Waals surface area (Å²) in [6.45, 7) is 1.18. The Bertz CT molecular complexity index is 2300. The maximum atomic E-state index is 11.5. The number of amides is 1. The number of carbonyl (C=O) groups is 2. The number of aromatic nitrogens is 1. The van der Waals surface area contributed by atoms with Crippen LogP contribution in [0.3, 0.4) is 0 Å². The topological polar surface area (TPSA) is 192 Å². The highest BCUT2D eigenvalue weighted by Crippen LogP contribution is 2.37. The summed E-state index contributed by atoms with van der Waals surface area (Å²) in [5.41, 5.74) is 8.22. The summed E-state index contributed by atoms with van der Waals surface area (Å²) in [4.78, 5) is 27.1. The number of hydrogen-bond donors (Lipinski definition) is 7. The van der Waals surface area contributed by atoms with E-state index in [1.165, 1.54) is 12.4 Å². The Morgan fingerprint density at radius 2 is 1.79 bits per heavy atom. The minimum Gasteiger partial charge on any atom is -0.489 e. The molecule has 0 bridgehead atoms. The van der Waals surface area contributed by atoms with Crippen LogP contribution >= 0.6 is 23.2 Å². The minimum atomic E-state index is -1.20. The third kappa shape index (κ3) is 10.5. The number of anilines is 1. The second kappa shape index (κ2) is 19.4. The first kappa shape index (κ1) is 40.8. The van der Waals surface area contributed by atoms with E-state index < -0.39 is 18.6 Å². The second-order valence-electron chi connectivity index (χ2n) is 13.6. The molecule has 1 fully saturated rings. The van der Waals surface area contributed by atoms with Crippen LogP contribution in [-0.4, -0.2) is 58.5 Å². The van der Waals surface area contributed by atoms with E-state index in [-0.39, 0.29) is 31.6 Å². The van der Waals surface area contributed by atoms with E-state index in [4.69, 9.17) is 33.3 Å². The number of pyridine rings is 1. The maximum absolute atomic E-state index is 11.5. The van der Waals surface area contributed by atoms with Gasteiger partial charge in [0.1, 0.15) is 24.5 Å². The molecular formula is C43H41Cl2N7O5. The molecule has 0 unspecified atom stereocenters. The van der Waals surface area contributed by atoms with E-state index in [2.05, 4.69) is 56.6 Å². The van der Waals surface area contributed by atoms with E-state index >= 15 is 0 Å². The van der Waals surface area contributed by atoms with Crippen molar-refractivity contribution in [3.05, 3.63) is 135 Å². The van der Waals surface area contributed by atoms with Gasteiger partial charge in [-0.3, -0.25) is 19.9 Å². The largest absolute Gasteiger partial charge is 0.489 e. The summed E-state index contributed by atoms with van der Waals surface area (Å²) in [5.74, 6) is -0.673. The lowest BCUT2D eigenvalue weighted by Crippen LogP contribution is -2.39. The molecule has 0 aliphatic carbocycles. The summed E-state index contributed by atoms with van der Waals surface area (Å²) in [6, 6.07) is 26.0. The maximum Gasteiger partial charge on any atom is 0.323 e. The molecule has 1 aliphatic rings. The molecule has 0 spiro atoms. The average molecular weight is 807 g/mol. The normalized spacial score (nSPS) is 14.1. The van der Waals surface area contributed by atoms with Crippen LogP contribution in [0.5, 0.6) is 5.75 Å². The van der Waals surface area contributed by atoms with Crippen LogP contribution in [0.25, 0.3) is 22.3 Å². The fourth-order valence-corrected chi connectivity index (χ4v) is 7.02. The molecule has 1 aromatic heterocycles. The molecule has 57 heavy (non-hydrogen) atoms. The number of aliphatic carboxylic acids is 1. The number of rotatable bonds is 18. The first-order valence-corrected chi connectivity index (χ1v) is 19.0. The van der Waals surface area contributed by atoms with Crippen LogP contribution in [0, 0.1) is 16.7 Å². The minimum absolute atomic E-state index is 0.0420. The first-order chi connectivity index (χ1) is 27.6. The number of carboxylic acid groups (broad SMARTS) is 1. The Balaban J connectivity index is 1.20. The average Bonchev–Trinajstić information content (AvgIpc) is 3.64. The summed E-state index contributed by atoms with van der Waals surface area (Å²) >= 11 is 13.6. The number of benzene rings is 4. The van der Waals surface area contributed by atoms with Gasteiger partial charge in [-0.25, -0.2) is 0 Å². The lowest BCUT2D eigenvalue weighted by atomic mass is 9.94. The van der Waals surface area contributed by atoms with Gasteiger partial charge in [0, 0.05) is 95.2 Å². The van der Waals surface area contributed by atoms with E-state index in [9.17, 15) is 25.1 Å². The molecule has 1 amide bonds. The molecule has 292 valence electrons. The van der Waals surface area contributed by atoms with Crippen molar-refractivity contribution in [3.63, 3.8) is 0 Å². The molecule has 0 radical (unpaired) electrons. The van der Waals surface area contributed by atoms with Crippen molar-refractivity contribution < 1.29 is 24.5 Å². The molecule has 14 heteroatoms. The Hall–Kier alpha value is -5.81. The zero-order valence-electron chi connectivity index (χ0n) is 30.8. The summed E-state index contributed by atoms with van der Waals surface area (Å²) in [6.07, 6.45) is 5.77. The van der Waals surface area contributed by atoms with Crippen molar-refractivity contribution in [2.45, 2.75) is 51.2 Å². The van der Waals surface area contributed by atoms with Gasteiger partial charge in [-0.1, -0.05) is 65.7 Å². The van der Waals surface area contributed by atoms with Crippen LogP contribution in [-0.2, 0) is 35.8 Å². The number of nitriles is 1. The lowest BCUT2D eigenvalue weighted by Gasteiger charge is -2.19. The Labute approximate surface area is 340 Å². The number of hydrogen-bond acceptors (Lipinski definition) is 10. The van der Waals surface area contributed by atoms with E-state index in [1.807, 2.05) is 36.4 Å². The molecule has 7 N–H and O–H groups in total. The van der Waals surface area contributed by atoms with Gasteiger partial charge in [0.15, 0.2) is 0 Å². The quantitative estimate of drug-likeness (QED) is 0.0470. The third-order valence-electron chi connectivity index (χ3n) is 9.64. The van der Waals surface area contributed by atoms with Gasteiger partial charge in [-0.2, -0.15) is 5.26 Å². The van der Waals surface area contributed by atoms with Crippen LogP contribution in [0.1, 0.15) is 46.2 Å². The Morgan fingerprint density at radius 1 is 0.982 bits per heavy atom. The molecule has 1 saturated heterocycles. The lowest BCUT2D eigenvalue weighted by molar-refractivity contribution is -0.140. The van der Waals surface area contributed by atoms with Gasteiger partial charge in [0.05, 0.1) is 12.2 Å². The highest BCUT2D eigenvalue weighted by atomic mass is 35.5. The van der Waals surface area contributed by atoms with Crippen molar-refractivity contribution in [1.29, 1.82) is 10.7 Å². The van der Waals surface area contributed by atoms with Crippen LogP contribution in [0.4, 0.5) is 5.69 Å². The number of ether oxygens (including phenoxy) is 1. The number of nitrogens with one attached hydrogen (secondary N) is 5. The zero-order chi connectivity index (χ0) is 40.3. The fourth-order valence-electron chi connectivity index (χ4n) is 6.54. The van der Waals surface area contributed by atoms with Gasteiger partial charge < -0.3 is 36.3 Å². The summed E-state index contributed by atoms with van der Waals surface area (Å²) in [7, 11) is 0. The Morgan fingerprint density at radius 3 is 2.51 bits per heavy atom. The smallest absolute Gasteiger partial charge is 0.323 e. The number of aliphatic hydroxyl groups is 1. The first-order valence-electron chi connectivity index (χ1n) is 18.3. The molecule has 1 aliphatic heterocycles. The number of halogens is 2. The molecule has 2 atom stereocenters. The predicted octanol–water partition coefficient (Wildman–Crippen LogP) is 6.69. The van der Waals surface area contributed by atoms with Gasteiger partial charge in [-0.05, 0) is 70.6 Å². The predicted molar refractivity (Wildman–Crippen MR) is 220 cm³/mol. The van der Waals surface area contributed by atoms with E-state index in [0.29, 0.717) is 62.3 Å². The SMILES string of the molecule is N#Cc1cncc(COc2cc(CNc3cccc(-c4cc(-c5ccc(CNC[C@@H]6CCC(=O)N6)cc5)ccc4Cl)c3C=N)c(Cl)cc2CN[C@@H](CO)C(=O)O)c1. The highest BCUT2D eigenvalue weighted by Gasteiger charge is 2.21. The molecule has 2 heterocycles. The molecular weight excluding hydrogens is 765 g/mol. The summed E-state index contributed by atoms with van der Waals surface area (Å²) in [5, 5.41) is 50.2. The highest BCUT2D eigenvalue weighted by molar-refractivity contribution is 6.33. The number of carboxylic acids is 1. The molecule has 4 aromatic carbocycles. The van der Waals surface area contributed by atoms with Crippen LogP contribution in [0.2, 0.25) is 10.0 Å². The van der Waals surface area contributed by atoms with Gasteiger partial charge in [0.2, 0.25) is 5.91 Å². The summed E-state index contributed by atoms with van der Waals surface area (Å²) < 4.78 is 6.17. The van der Waals surface area contributed by atoms with Gasteiger partial charge in [-0.15, -0.1) is 0 Å². The van der Waals surface area contributed by atoms with Crippen molar-refractivity contribution in [2.75, 3.05) is 18.5 Å². The van der Waals surface area contributed by atoms with Crippen molar-refractivity contribution in [1.82, 2.24) is 20.9 Å². The van der Waals surface area contributed by atoms with Crippen LogP contribution in [0.15, 0.2) is 91.3 Å². The molecule has 12 nitrogen and oxygen atoms in total. The molecule has 5 aromatic rings. The van der Waals surface area contributed by atoms with Crippen LogP contribution < -0.4 is 26.0 Å². The van der Waals surface area contributed by atoms with Gasteiger partial charge in [0.25, 0.3) is 0 Å². The van der Waals surface area contributed by atoms with E-state index in [1.54, 1.807) is 24.4 Å². The van der Waals surface area contributed by atoms with E-state index in [0.717, 1.165) is 40.8 Å². The number of aliphatic hydroxyl groups excluding tert-OH is 1.